The van der Waals surface area contributed by atoms with Crippen LogP contribution in [-0.4, -0.2) is 21.2 Å². The summed E-state index contributed by atoms with van der Waals surface area (Å²) in [5.41, 5.74) is 2.57. The average molecular weight is 384 g/mol. The van der Waals surface area contributed by atoms with Gasteiger partial charge < -0.3 is 9.88 Å². The van der Waals surface area contributed by atoms with Crippen LogP contribution in [0.2, 0.25) is 5.02 Å². The number of nitrogens with one attached hydrogen (secondary N) is 1. The predicted molar refractivity (Wildman–Crippen MR) is 107 cm³/mol. The molecular weight excluding hydrogens is 362 g/mol. The molecule has 0 fully saturated rings. The van der Waals surface area contributed by atoms with Crippen LogP contribution in [0.3, 0.4) is 0 Å². The first-order valence-corrected chi connectivity index (χ1v) is 9.25. The van der Waals surface area contributed by atoms with Gasteiger partial charge in [-0.25, -0.2) is 4.98 Å². The fraction of sp³-hybridized carbons (Fsp3) is 0.286. The molecule has 3 rings (SSSR count). The van der Waals surface area contributed by atoms with Crippen molar-refractivity contribution in [2.24, 2.45) is 0 Å². The lowest BCUT2D eigenvalue weighted by molar-refractivity contribution is -0.121. The molecule has 1 amide bonds. The molecule has 2 unspecified atom stereocenters. The molecule has 0 spiro atoms. The van der Waals surface area contributed by atoms with Gasteiger partial charge in [-0.1, -0.05) is 35.9 Å². The van der Waals surface area contributed by atoms with Gasteiger partial charge in [0.1, 0.15) is 5.82 Å². The van der Waals surface area contributed by atoms with Crippen molar-refractivity contribution in [1.82, 2.24) is 14.9 Å². The molecule has 3 aromatic rings. The van der Waals surface area contributed by atoms with Gasteiger partial charge >= 0.3 is 0 Å². The van der Waals surface area contributed by atoms with E-state index in [0.717, 1.165) is 16.6 Å². The first kappa shape index (κ1) is 19.1. The highest BCUT2D eigenvalue weighted by Gasteiger charge is 2.23. The predicted octanol–water partition coefficient (Wildman–Crippen LogP) is 4.26. The minimum atomic E-state index is -0.358. The Kier molecular flexibility index (Phi) is 5.61. The number of hydrogen-bond acceptors (Lipinski definition) is 3. The molecule has 2 atom stereocenters. The quantitative estimate of drug-likeness (QED) is 0.691. The number of amides is 1. The van der Waals surface area contributed by atoms with Crippen LogP contribution in [0.15, 0.2) is 48.5 Å². The molecule has 0 aliphatic heterocycles. The molecule has 1 heterocycles. The minimum Gasteiger partial charge on any atom is -0.346 e. The number of carbonyl (C=O) groups is 2. The topological polar surface area (TPSA) is 64.0 Å². The zero-order chi connectivity index (χ0) is 19.6. The number of fused-ring (bicyclic) bond motifs is 1. The van der Waals surface area contributed by atoms with E-state index in [9.17, 15) is 9.59 Å². The van der Waals surface area contributed by atoms with Gasteiger partial charge in [0.25, 0.3) is 0 Å². The van der Waals surface area contributed by atoms with Gasteiger partial charge in [-0.15, -0.1) is 0 Å². The van der Waals surface area contributed by atoms with E-state index in [4.69, 9.17) is 11.6 Å². The highest BCUT2D eigenvalue weighted by atomic mass is 35.5. The Hall–Kier alpha value is -2.66. The smallest absolute Gasteiger partial charge is 0.224 e. The summed E-state index contributed by atoms with van der Waals surface area (Å²) in [4.78, 5) is 29.1. The zero-order valence-electron chi connectivity index (χ0n) is 15.6. The van der Waals surface area contributed by atoms with Crippen molar-refractivity contribution >= 4 is 34.3 Å². The SMILES string of the molecule is CC(=O)C(C)n1c(C(C)NC(=O)Cc2ccc(Cl)cc2)nc2ccccc21. The number of ketones is 1. The van der Waals surface area contributed by atoms with E-state index >= 15 is 0 Å². The summed E-state index contributed by atoms with van der Waals surface area (Å²) in [6, 6.07) is 14.2. The Morgan fingerprint density at radius 3 is 2.44 bits per heavy atom. The van der Waals surface area contributed by atoms with Crippen molar-refractivity contribution in [3.05, 3.63) is 64.9 Å². The molecule has 0 bridgehead atoms. The van der Waals surface area contributed by atoms with Crippen LogP contribution in [0.1, 0.15) is 44.2 Å². The minimum absolute atomic E-state index is 0.0408. The number of rotatable bonds is 6. The van der Waals surface area contributed by atoms with Crippen LogP contribution in [0.25, 0.3) is 11.0 Å². The van der Waals surface area contributed by atoms with E-state index in [2.05, 4.69) is 10.3 Å². The zero-order valence-corrected chi connectivity index (χ0v) is 16.3. The fourth-order valence-electron chi connectivity index (χ4n) is 3.10. The second-order valence-electron chi connectivity index (χ2n) is 6.71. The molecular formula is C21H22ClN3O2. The summed E-state index contributed by atoms with van der Waals surface area (Å²) in [6.07, 6.45) is 0.254. The van der Waals surface area contributed by atoms with Crippen molar-refractivity contribution in [2.75, 3.05) is 0 Å². The fourth-order valence-corrected chi connectivity index (χ4v) is 3.23. The molecule has 0 aliphatic rings. The maximum absolute atomic E-state index is 12.5. The third-order valence-electron chi connectivity index (χ3n) is 4.64. The molecule has 140 valence electrons. The van der Waals surface area contributed by atoms with Crippen LogP contribution in [0.4, 0.5) is 0 Å². The summed E-state index contributed by atoms with van der Waals surface area (Å²) < 4.78 is 1.91. The molecule has 2 aromatic carbocycles. The standard InChI is InChI=1S/C21H22ClN3O2/c1-13(23-20(27)12-16-8-10-17(22)11-9-16)21-24-18-6-4-5-7-19(18)25(21)14(2)15(3)26/h4-11,13-14H,12H2,1-3H3,(H,23,27). The number of carbonyl (C=O) groups excluding carboxylic acids is 2. The van der Waals surface area contributed by atoms with Crippen molar-refractivity contribution in [2.45, 2.75) is 39.3 Å². The Bertz CT molecular complexity index is 979. The highest BCUT2D eigenvalue weighted by Crippen LogP contribution is 2.25. The van der Waals surface area contributed by atoms with Gasteiger partial charge in [-0.3, -0.25) is 9.59 Å². The molecule has 0 aliphatic carbocycles. The second-order valence-corrected chi connectivity index (χ2v) is 7.14. The molecule has 5 nitrogen and oxygen atoms in total. The number of halogens is 1. The van der Waals surface area contributed by atoms with Gasteiger partial charge in [0, 0.05) is 5.02 Å². The van der Waals surface area contributed by atoms with Gasteiger partial charge in [-0.05, 0) is 50.6 Å². The average Bonchev–Trinajstić information content (AvgIpc) is 3.02. The van der Waals surface area contributed by atoms with Gasteiger partial charge in [0.2, 0.25) is 5.91 Å². The van der Waals surface area contributed by atoms with Crippen molar-refractivity contribution in [3.8, 4) is 0 Å². The summed E-state index contributed by atoms with van der Waals surface area (Å²) >= 11 is 5.88. The molecule has 0 radical (unpaired) electrons. The van der Waals surface area contributed by atoms with E-state index < -0.39 is 0 Å². The number of benzene rings is 2. The Morgan fingerprint density at radius 2 is 1.78 bits per heavy atom. The van der Waals surface area contributed by atoms with Crippen LogP contribution >= 0.6 is 11.6 Å². The lowest BCUT2D eigenvalue weighted by atomic mass is 10.1. The monoisotopic (exact) mass is 383 g/mol. The second kappa shape index (κ2) is 7.92. The molecule has 6 heteroatoms. The third kappa shape index (κ3) is 4.19. The third-order valence-corrected chi connectivity index (χ3v) is 4.89. The maximum atomic E-state index is 12.5. The molecule has 0 saturated heterocycles. The first-order chi connectivity index (χ1) is 12.9. The van der Waals surface area contributed by atoms with Crippen LogP contribution in [0.5, 0.6) is 0 Å². The Labute approximate surface area is 163 Å². The number of Topliss-reactive ketones (excluding diaryl/α,β-unsaturated/α-hetero) is 1. The van der Waals surface area contributed by atoms with E-state index in [-0.39, 0.29) is 30.2 Å². The van der Waals surface area contributed by atoms with Crippen molar-refractivity contribution < 1.29 is 9.59 Å². The van der Waals surface area contributed by atoms with Crippen LogP contribution in [-0.2, 0) is 16.0 Å². The van der Waals surface area contributed by atoms with E-state index in [1.54, 1.807) is 19.1 Å². The largest absolute Gasteiger partial charge is 0.346 e. The highest BCUT2D eigenvalue weighted by molar-refractivity contribution is 6.30. The number of imidazole rings is 1. The number of nitrogens with zero attached hydrogens (tertiary/aromatic N) is 2. The molecule has 1 N–H and O–H groups in total. The summed E-state index contributed by atoms with van der Waals surface area (Å²) in [5, 5.41) is 3.63. The van der Waals surface area contributed by atoms with Crippen LogP contribution < -0.4 is 5.32 Å². The first-order valence-electron chi connectivity index (χ1n) is 8.88. The lowest BCUT2D eigenvalue weighted by Gasteiger charge is -2.19. The van der Waals surface area contributed by atoms with Crippen molar-refractivity contribution in [3.63, 3.8) is 0 Å². The van der Waals surface area contributed by atoms with E-state index in [1.165, 1.54) is 0 Å². The van der Waals surface area contributed by atoms with E-state index in [1.807, 2.05) is 54.8 Å². The van der Waals surface area contributed by atoms with Crippen LogP contribution in [0, 0.1) is 0 Å². The van der Waals surface area contributed by atoms with Gasteiger partial charge in [-0.2, -0.15) is 0 Å². The Morgan fingerprint density at radius 1 is 1.11 bits per heavy atom. The van der Waals surface area contributed by atoms with E-state index in [0.29, 0.717) is 10.8 Å². The van der Waals surface area contributed by atoms with Gasteiger partial charge in [0.15, 0.2) is 5.78 Å². The molecule has 1 aromatic heterocycles. The number of hydrogen-bond donors (Lipinski definition) is 1. The summed E-state index contributed by atoms with van der Waals surface area (Å²) in [6.45, 7) is 5.29. The van der Waals surface area contributed by atoms with Crippen molar-refractivity contribution in [1.29, 1.82) is 0 Å². The molecule has 0 saturated carbocycles. The number of para-hydroxylation sites is 2. The van der Waals surface area contributed by atoms with Gasteiger partial charge in [0.05, 0.1) is 29.5 Å². The summed E-state index contributed by atoms with van der Waals surface area (Å²) in [7, 11) is 0. The maximum Gasteiger partial charge on any atom is 0.224 e. The Balaban J connectivity index is 1.85. The summed E-state index contributed by atoms with van der Waals surface area (Å²) in [5.74, 6) is 0.598. The normalized spacial score (nSPS) is 13.3. The molecule has 27 heavy (non-hydrogen) atoms. The lowest BCUT2D eigenvalue weighted by Crippen LogP contribution is -2.31. The number of aromatic nitrogens is 2.